The summed E-state index contributed by atoms with van der Waals surface area (Å²) >= 11 is 0. The van der Waals surface area contributed by atoms with E-state index >= 15 is 0 Å². The van der Waals surface area contributed by atoms with Gasteiger partial charge < -0.3 is 10.4 Å². The fourth-order valence-electron chi connectivity index (χ4n) is 1.85. The van der Waals surface area contributed by atoms with Crippen LogP contribution in [0.25, 0.3) is 0 Å². The lowest BCUT2D eigenvalue weighted by atomic mass is 10.1. The quantitative estimate of drug-likeness (QED) is 0.478. The van der Waals surface area contributed by atoms with Crippen molar-refractivity contribution in [3.8, 4) is 12.3 Å². The standard InChI is InChI=1S/C10H17NO/c1-2-3-7-11-10-6-4-5-9(10)8-12/h1,9-12H,3-8H2. The van der Waals surface area contributed by atoms with Gasteiger partial charge in [0.2, 0.25) is 0 Å². The second-order valence-corrected chi connectivity index (χ2v) is 3.39. The second-order valence-electron chi connectivity index (χ2n) is 3.39. The van der Waals surface area contributed by atoms with Crippen LogP contribution < -0.4 is 5.32 Å². The summed E-state index contributed by atoms with van der Waals surface area (Å²) in [5.74, 6) is 3.06. The molecule has 0 aromatic carbocycles. The summed E-state index contributed by atoms with van der Waals surface area (Å²) in [5.41, 5.74) is 0. The van der Waals surface area contributed by atoms with Crippen LogP contribution in [0.4, 0.5) is 0 Å². The van der Waals surface area contributed by atoms with Crippen LogP contribution in [0.2, 0.25) is 0 Å². The molecule has 1 aliphatic rings. The Morgan fingerprint density at radius 1 is 1.50 bits per heavy atom. The van der Waals surface area contributed by atoms with Gasteiger partial charge in [0, 0.05) is 25.6 Å². The molecule has 2 nitrogen and oxygen atoms in total. The van der Waals surface area contributed by atoms with Gasteiger partial charge in [0.05, 0.1) is 0 Å². The van der Waals surface area contributed by atoms with E-state index in [1.807, 2.05) is 0 Å². The molecule has 2 unspecified atom stereocenters. The molecule has 12 heavy (non-hydrogen) atoms. The highest BCUT2D eigenvalue weighted by Crippen LogP contribution is 2.24. The largest absolute Gasteiger partial charge is 0.396 e. The van der Waals surface area contributed by atoms with Crippen LogP contribution in [0.1, 0.15) is 25.7 Å². The van der Waals surface area contributed by atoms with E-state index in [0.29, 0.717) is 18.6 Å². The van der Waals surface area contributed by atoms with E-state index in [-0.39, 0.29) is 0 Å². The van der Waals surface area contributed by atoms with E-state index in [4.69, 9.17) is 11.5 Å². The molecule has 0 heterocycles. The third-order valence-electron chi connectivity index (χ3n) is 2.57. The Kier molecular flexibility index (Phi) is 4.13. The first-order chi connectivity index (χ1) is 5.88. The zero-order chi connectivity index (χ0) is 8.81. The van der Waals surface area contributed by atoms with Crippen LogP contribution in [0.5, 0.6) is 0 Å². The highest BCUT2D eigenvalue weighted by molar-refractivity contribution is 4.87. The van der Waals surface area contributed by atoms with Gasteiger partial charge in [-0.2, -0.15) is 0 Å². The summed E-state index contributed by atoms with van der Waals surface area (Å²) in [6.07, 6.45) is 9.51. The number of rotatable bonds is 4. The average molecular weight is 167 g/mol. The Morgan fingerprint density at radius 2 is 2.33 bits per heavy atom. The number of terminal acetylenes is 1. The van der Waals surface area contributed by atoms with Crippen LogP contribution in [0, 0.1) is 18.3 Å². The molecule has 2 N–H and O–H groups in total. The Balaban J connectivity index is 2.18. The summed E-state index contributed by atoms with van der Waals surface area (Å²) in [7, 11) is 0. The number of hydrogen-bond donors (Lipinski definition) is 2. The predicted molar refractivity (Wildman–Crippen MR) is 49.7 cm³/mol. The first kappa shape index (κ1) is 9.57. The van der Waals surface area contributed by atoms with Gasteiger partial charge in [-0.3, -0.25) is 0 Å². The molecular weight excluding hydrogens is 150 g/mol. The zero-order valence-corrected chi connectivity index (χ0v) is 7.42. The summed E-state index contributed by atoms with van der Waals surface area (Å²) in [5, 5.41) is 12.4. The van der Waals surface area contributed by atoms with Crippen LogP contribution in [0.3, 0.4) is 0 Å². The van der Waals surface area contributed by atoms with Gasteiger partial charge >= 0.3 is 0 Å². The molecule has 2 atom stereocenters. The van der Waals surface area contributed by atoms with Crippen molar-refractivity contribution in [2.45, 2.75) is 31.7 Å². The topological polar surface area (TPSA) is 32.3 Å². The maximum Gasteiger partial charge on any atom is 0.0474 e. The molecule has 0 aromatic rings. The first-order valence-corrected chi connectivity index (χ1v) is 4.66. The van der Waals surface area contributed by atoms with Crippen LogP contribution in [-0.2, 0) is 0 Å². The fourth-order valence-corrected chi connectivity index (χ4v) is 1.85. The third-order valence-corrected chi connectivity index (χ3v) is 2.57. The van der Waals surface area contributed by atoms with Crippen molar-refractivity contribution < 1.29 is 5.11 Å². The number of hydrogen-bond acceptors (Lipinski definition) is 2. The highest BCUT2D eigenvalue weighted by atomic mass is 16.3. The molecule has 0 amide bonds. The Morgan fingerprint density at radius 3 is 3.00 bits per heavy atom. The van der Waals surface area contributed by atoms with E-state index in [2.05, 4.69) is 11.2 Å². The summed E-state index contributed by atoms with van der Waals surface area (Å²) in [4.78, 5) is 0. The van der Waals surface area contributed by atoms with Crippen molar-refractivity contribution in [2.24, 2.45) is 5.92 Å². The van der Waals surface area contributed by atoms with Gasteiger partial charge in [-0.15, -0.1) is 12.3 Å². The monoisotopic (exact) mass is 167 g/mol. The van der Waals surface area contributed by atoms with E-state index in [0.717, 1.165) is 19.4 Å². The predicted octanol–water partition coefficient (Wildman–Crippen LogP) is 0.760. The number of aliphatic hydroxyl groups excluding tert-OH is 1. The summed E-state index contributed by atoms with van der Waals surface area (Å²) in [6.45, 7) is 1.20. The summed E-state index contributed by atoms with van der Waals surface area (Å²) in [6, 6.07) is 0.503. The van der Waals surface area contributed by atoms with Crippen molar-refractivity contribution in [1.29, 1.82) is 0 Å². The van der Waals surface area contributed by atoms with Crippen molar-refractivity contribution in [2.75, 3.05) is 13.2 Å². The second kappa shape index (κ2) is 5.18. The lowest BCUT2D eigenvalue weighted by Gasteiger charge is -2.18. The maximum absolute atomic E-state index is 9.01. The minimum Gasteiger partial charge on any atom is -0.396 e. The Hall–Kier alpha value is -0.520. The normalized spacial score (nSPS) is 28.7. The van der Waals surface area contributed by atoms with Gasteiger partial charge in [0.25, 0.3) is 0 Å². The molecule has 0 spiro atoms. The SMILES string of the molecule is C#CCCNC1CCCC1CO. The van der Waals surface area contributed by atoms with Crippen LogP contribution in [0.15, 0.2) is 0 Å². The van der Waals surface area contributed by atoms with Crippen LogP contribution >= 0.6 is 0 Å². The minimum atomic E-state index is 0.313. The van der Waals surface area contributed by atoms with Gasteiger partial charge in [0.1, 0.15) is 0 Å². The van der Waals surface area contributed by atoms with Crippen molar-refractivity contribution in [3.05, 3.63) is 0 Å². The van der Waals surface area contributed by atoms with Gasteiger partial charge in [0.15, 0.2) is 0 Å². The molecule has 68 valence electrons. The third kappa shape index (κ3) is 2.51. The van der Waals surface area contributed by atoms with E-state index in [1.54, 1.807) is 0 Å². The lowest BCUT2D eigenvalue weighted by molar-refractivity contribution is 0.206. The highest BCUT2D eigenvalue weighted by Gasteiger charge is 2.25. The molecule has 1 aliphatic carbocycles. The van der Waals surface area contributed by atoms with Gasteiger partial charge in [-0.05, 0) is 18.8 Å². The zero-order valence-electron chi connectivity index (χ0n) is 7.42. The average Bonchev–Trinajstić information content (AvgIpc) is 2.52. The molecule has 0 radical (unpaired) electrons. The van der Waals surface area contributed by atoms with Gasteiger partial charge in [-0.1, -0.05) is 6.42 Å². The Bertz CT molecular complexity index is 162. The van der Waals surface area contributed by atoms with E-state index in [1.165, 1.54) is 12.8 Å². The molecule has 1 fully saturated rings. The lowest BCUT2D eigenvalue weighted by Crippen LogP contribution is -2.34. The molecule has 2 heteroatoms. The molecule has 0 saturated heterocycles. The number of nitrogens with one attached hydrogen (secondary N) is 1. The smallest absolute Gasteiger partial charge is 0.0474 e. The molecule has 1 rings (SSSR count). The minimum absolute atomic E-state index is 0.313. The van der Waals surface area contributed by atoms with Crippen molar-refractivity contribution in [3.63, 3.8) is 0 Å². The van der Waals surface area contributed by atoms with E-state index < -0.39 is 0 Å². The number of aliphatic hydroxyl groups is 1. The molecule has 0 aliphatic heterocycles. The van der Waals surface area contributed by atoms with Crippen LogP contribution in [-0.4, -0.2) is 24.3 Å². The van der Waals surface area contributed by atoms with E-state index in [9.17, 15) is 0 Å². The molecule has 0 aromatic heterocycles. The molecule has 0 bridgehead atoms. The Labute approximate surface area is 74.4 Å². The van der Waals surface area contributed by atoms with Crippen molar-refractivity contribution >= 4 is 0 Å². The maximum atomic E-state index is 9.01. The first-order valence-electron chi connectivity index (χ1n) is 4.66. The fraction of sp³-hybridized carbons (Fsp3) is 0.800. The molecule has 1 saturated carbocycles. The molecular formula is C10H17NO. The summed E-state index contributed by atoms with van der Waals surface area (Å²) < 4.78 is 0. The van der Waals surface area contributed by atoms with Crippen molar-refractivity contribution in [1.82, 2.24) is 5.32 Å². The van der Waals surface area contributed by atoms with Gasteiger partial charge in [-0.25, -0.2) is 0 Å².